The van der Waals surface area contributed by atoms with Gasteiger partial charge in [0.25, 0.3) is 0 Å². The second kappa shape index (κ2) is 9.63. The summed E-state index contributed by atoms with van der Waals surface area (Å²) in [6.07, 6.45) is 5.19. The minimum absolute atomic E-state index is 0.270. The van der Waals surface area contributed by atoms with E-state index in [0.717, 1.165) is 34.0 Å². The summed E-state index contributed by atoms with van der Waals surface area (Å²) in [5, 5.41) is 0. The summed E-state index contributed by atoms with van der Waals surface area (Å²) in [6.45, 7) is 1.65. The first-order valence-electron chi connectivity index (χ1n) is 8.69. The third-order valence-electron chi connectivity index (χ3n) is 4.06. The van der Waals surface area contributed by atoms with Crippen molar-refractivity contribution >= 4 is 0 Å². The van der Waals surface area contributed by atoms with Crippen molar-refractivity contribution in [2.24, 2.45) is 0 Å². The van der Waals surface area contributed by atoms with Gasteiger partial charge in [-0.2, -0.15) is 0 Å². The first kappa shape index (κ1) is 18.8. The van der Waals surface area contributed by atoms with E-state index in [1.54, 1.807) is 7.11 Å². The Morgan fingerprint density at radius 1 is 0.889 bits per heavy atom. The molecule has 0 aliphatic heterocycles. The molecule has 4 heteroatoms. The number of rotatable bonds is 9. The van der Waals surface area contributed by atoms with Crippen molar-refractivity contribution in [1.82, 2.24) is 0 Å². The maximum atomic E-state index is 5.90. The molecule has 138 valence electrons. The minimum atomic E-state index is 0.270. The largest absolute Gasteiger partial charge is 0.497 e. The van der Waals surface area contributed by atoms with Gasteiger partial charge in [-0.3, -0.25) is 0 Å². The number of terminal acetylenes is 1. The van der Waals surface area contributed by atoms with Crippen LogP contribution in [0.2, 0.25) is 0 Å². The first-order valence-corrected chi connectivity index (χ1v) is 8.69. The van der Waals surface area contributed by atoms with E-state index < -0.39 is 0 Å². The highest BCUT2D eigenvalue weighted by molar-refractivity contribution is 5.62. The second-order valence-electron chi connectivity index (χ2n) is 5.96. The third-order valence-corrected chi connectivity index (χ3v) is 4.06. The minimum Gasteiger partial charge on any atom is -0.497 e. The molecule has 0 atom stereocenters. The van der Waals surface area contributed by atoms with E-state index in [-0.39, 0.29) is 6.61 Å². The molecule has 3 aromatic rings. The molecule has 0 spiro atoms. The lowest BCUT2D eigenvalue weighted by Gasteiger charge is -2.09. The highest BCUT2D eigenvalue weighted by Gasteiger charge is 2.10. The molecule has 0 fully saturated rings. The molecule has 0 aliphatic rings. The maximum absolute atomic E-state index is 5.90. The topological polar surface area (TPSA) is 40.8 Å². The molecule has 27 heavy (non-hydrogen) atoms. The number of ether oxygens (including phenoxy) is 3. The van der Waals surface area contributed by atoms with E-state index in [0.29, 0.717) is 19.8 Å². The molecule has 4 nitrogen and oxygen atoms in total. The molecule has 0 aliphatic carbocycles. The highest BCUT2D eigenvalue weighted by Crippen LogP contribution is 2.27. The summed E-state index contributed by atoms with van der Waals surface area (Å²) in [4.78, 5) is 0. The van der Waals surface area contributed by atoms with Gasteiger partial charge in [0.15, 0.2) is 0 Å². The maximum Gasteiger partial charge on any atom is 0.134 e. The van der Waals surface area contributed by atoms with Crippen LogP contribution in [0.4, 0.5) is 0 Å². The van der Waals surface area contributed by atoms with Crippen molar-refractivity contribution in [3.63, 3.8) is 0 Å². The average molecular weight is 362 g/mol. The summed E-state index contributed by atoms with van der Waals surface area (Å²) in [5.74, 6) is 4.81. The van der Waals surface area contributed by atoms with Gasteiger partial charge in [-0.05, 0) is 35.4 Å². The molecule has 0 N–H and O–H groups in total. The van der Waals surface area contributed by atoms with Crippen LogP contribution in [0, 0.1) is 12.3 Å². The normalized spacial score (nSPS) is 10.5. The van der Waals surface area contributed by atoms with Crippen LogP contribution >= 0.6 is 0 Å². The molecule has 1 aromatic heterocycles. The number of methoxy groups -OCH3 is 1. The van der Waals surface area contributed by atoms with Crippen LogP contribution < -0.4 is 4.74 Å². The summed E-state index contributed by atoms with van der Waals surface area (Å²) in [7, 11) is 1.66. The zero-order chi connectivity index (χ0) is 18.9. The monoisotopic (exact) mass is 362 g/mol. The van der Waals surface area contributed by atoms with Crippen LogP contribution in [0.15, 0.2) is 65.1 Å². The molecule has 0 unspecified atom stereocenters. The summed E-state index contributed by atoms with van der Waals surface area (Å²) in [6, 6.07) is 19.8. The van der Waals surface area contributed by atoms with Crippen LogP contribution in [0.5, 0.6) is 5.75 Å². The van der Waals surface area contributed by atoms with Crippen molar-refractivity contribution in [3.8, 4) is 29.4 Å². The van der Waals surface area contributed by atoms with E-state index in [2.05, 4.69) is 5.92 Å². The standard InChI is InChI=1S/C23H22O4/c1-3-14-25-17-21-12-13-23(27-21)22-7-5-4-6-19(22)16-26-15-18-8-10-20(24-2)11-9-18/h1,4-13H,14-17H2,2H3. The van der Waals surface area contributed by atoms with Gasteiger partial charge in [0.1, 0.15) is 30.5 Å². The van der Waals surface area contributed by atoms with Crippen molar-refractivity contribution in [2.75, 3.05) is 13.7 Å². The van der Waals surface area contributed by atoms with Gasteiger partial charge >= 0.3 is 0 Å². The molecule has 0 saturated carbocycles. The SMILES string of the molecule is C#CCOCc1ccc(-c2ccccc2COCc2ccc(OC)cc2)o1. The van der Waals surface area contributed by atoms with E-state index >= 15 is 0 Å². The van der Waals surface area contributed by atoms with E-state index in [9.17, 15) is 0 Å². The Labute approximate surface area is 159 Å². The summed E-state index contributed by atoms with van der Waals surface area (Å²) >= 11 is 0. The highest BCUT2D eigenvalue weighted by atomic mass is 16.5. The zero-order valence-corrected chi connectivity index (χ0v) is 15.3. The molecule has 0 bridgehead atoms. The van der Waals surface area contributed by atoms with Crippen molar-refractivity contribution in [3.05, 3.63) is 77.6 Å². The van der Waals surface area contributed by atoms with Gasteiger partial charge in [0.05, 0.1) is 20.3 Å². The van der Waals surface area contributed by atoms with Crippen molar-refractivity contribution in [1.29, 1.82) is 0 Å². The van der Waals surface area contributed by atoms with E-state index in [1.807, 2.05) is 60.7 Å². The second-order valence-corrected chi connectivity index (χ2v) is 5.96. The average Bonchev–Trinajstić information content (AvgIpc) is 3.18. The number of furan rings is 1. The van der Waals surface area contributed by atoms with Crippen molar-refractivity contribution in [2.45, 2.75) is 19.8 Å². The third kappa shape index (κ3) is 5.24. The number of benzene rings is 2. The first-order chi connectivity index (χ1) is 13.3. The lowest BCUT2D eigenvalue weighted by atomic mass is 10.1. The van der Waals surface area contributed by atoms with Gasteiger partial charge in [-0.25, -0.2) is 0 Å². The molecule has 0 saturated heterocycles. The fourth-order valence-electron chi connectivity index (χ4n) is 2.70. The van der Waals surface area contributed by atoms with Gasteiger partial charge < -0.3 is 18.6 Å². The fraction of sp³-hybridized carbons (Fsp3) is 0.217. The molecule has 1 heterocycles. The molecular weight excluding hydrogens is 340 g/mol. The zero-order valence-electron chi connectivity index (χ0n) is 15.3. The van der Waals surface area contributed by atoms with E-state index in [4.69, 9.17) is 25.1 Å². The van der Waals surface area contributed by atoms with Gasteiger partial charge in [-0.1, -0.05) is 42.3 Å². The predicted molar refractivity (Wildman–Crippen MR) is 104 cm³/mol. The Hall–Kier alpha value is -3.00. The van der Waals surface area contributed by atoms with Crippen LogP contribution in [-0.4, -0.2) is 13.7 Å². The van der Waals surface area contributed by atoms with Crippen LogP contribution in [-0.2, 0) is 29.3 Å². The Bertz CT molecular complexity index is 887. The van der Waals surface area contributed by atoms with Crippen LogP contribution in [0.3, 0.4) is 0 Å². The van der Waals surface area contributed by atoms with Crippen LogP contribution in [0.25, 0.3) is 11.3 Å². The summed E-state index contributed by atoms with van der Waals surface area (Å²) < 4.78 is 22.3. The predicted octanol–water partition coefficient (Wildman–Crippen LogP) is 4.82. The number of hydrogen-bond acceptors (Lipinski definition) is 4. The Morgan fingerprint density at radius 2 is 1.70 bits per heavy atom. The lowest BCUT2D eigenvalue weighted by Crippen LogP contribution is -1.96. The summed E-state index contributed by atoms with van der Waals surface area (Å²) in [5.41, 5.74) is 3.17. The number of hydrogen-bond donors (Lipinski definition) is 0. The Morgan fingerprint density at radius 3 is 2.48 bits per heavy atom. The van der Waals surface area contributed by atoms with Gasteiger partial charge in [0.2, 0.25) is 0 Å². The van der Waals surface area contributed by atoms with Gasteiger partial charge in [-0.15, -0.1) is 6.42 Å². The lowest BCUT2D eigenvalue weighted by molar-refractivity contribution is 0.107. The fourth-order valence-corrected chi connectivity index (χ4v) is 2.70. The molecule has 2 aromatic carbocycles. The van der Waals surface area contributed by atoms with Gasteiger partial charge in [0, 0.05) is 5.56 Å². The molecular formula is C23H22O4. The van der Waals surface area contributed by atoms with Crippen molar-refractivity contribution < 1.29 is 18.6 Å². The molecule has 0 amide bonds. The quantitative estimate of drug-likeness (QED) is 0.404. The Balaban J connectivity index is 1.62. The molecule has 0 radical (unpaired) electrons. The molecule has 3 rings (SSSR count). The van der Waals surface area contributed by atoms with E-state index in [1.165, 1.54) is 0 Å². The van der Waals surface area contributed by atoms with Crippen LogP contribution in [0.1, 0.15) is 16.9 Å². The Kier molecular flexibility index (Phi) is 6.70. The smallest absolute Gasteiger partial charge is 0.134 e.